The van der Waals surface area contributed by atoms with Crippen molar-refractivity contribution in [2.45, 2.75) is 51.4 Å². The Morgan fingerprint density at radius 2 is 2.06 bits per heavy atom. The maximum atomic E-state index is 12.0. The monoisotopic (exact) mass is 252 g/mol. The molecule has 0 aliphatic heterocycles. The normalized spacial score (nSPS) is 29.8. The van der Waals surface area contributed by atoms with Crippen molar-refractivity contribution in [1.82, 2.24) is 4.90 Å². The van der Waals surface area contributed by atoms with E-state index in [1.165, 1.54) is 25.7 Å². The Labute approximate surface area is 111 Å². The quantitative estimate of drug-likeness (QED) is 0.707. The summed E-state index contributed by atoms with van der Waals surface area (Å²) in [6, 6.07) is 0. The topological polar surface area (TPSA) is 46.3 Å². The minimum absolute atomic E-state index is 0.329. The highest BCUT2D eigenvalue weighted by Crippen LogP contribution is 2.48. The van der Waals surface area contributed by atoms with E-state index in [2.05, 4.69) is 0 Å². The van der Waals surface area contributed by atoms with Gasteiger partial charge in [-0.3, -0.25) is 4.79 Å². The fourth-order valence-electron chi connectivity index (χ4n) is 3.84. The van der Waals surface area contributed by atoms with Crippen LogP contribution < -0.4 is 5.73 Å². The van der Waals surface area contributed by atoms with Gasteiger partial charge in [-0.05, 0) is 56.4 Å². The second-order valence-corrected chi connectivity index (χ2v) is 6.31. The lowest BCUT2D eigenvalue weighted by Crippen LogP contribution is -2.33. The number of nitrogens with two attached hydrogens (primary N) is 1. The molecule has 2 aliphatic rings. The minimum Gasteiger partial charge on any atom is -0.345 e. The summed E-state index contributed by atoms with van der Waals surface area (Å²) >= 11 is 0. The van der Waals surface area contributed by atoms with Gasteiger partial charge in [-0.2, -0.15) is 0 Å². The zero-order valence-electron chi connectivity index (χ0n) is 11.7. The molecule has 3 heteroatoms. The molecule has 0 aromatic carbocycles. The van der Waals surface area contributed by atoms with Crippen LogP contribution in [-0.4, -0.2) is 30.9 Å². The number of hydrogen-bond acceptors (Lipinski definition) is 2. The average molecular weight is 252 g/mol. The minimum atomic E-state index is 0.329. The summed E-state index contributed by atoms with van der Waals surface area (Å²) in [5, 5.41) is 0. The molecule has 2 bridgehead atoms. The predicted molar refractivity (Wildman–Crippen MR) is 74.1 cm³/mol. The van der Waals surface area contributed by atoms with Crippen LogP contribution in [0.5, 0.6) is 0 Å². The lowest BCUT2D eigenvalue weighted by molar-refractivity contribution is -0.130. The van der Waals surface area contributed by atoms with Gasteiger partial charge in [-0.1, -0.05) is 12.8 Å². The second kappa shape index (κ2) is 6.55. The maximum Gasteiger partial charge on any atom is 0.222 e. The van der Waals surface area contributed by atoms with Gasteiger partial charge in [-0.15, -0.1) is 0 Å². The van der Waals surface area contributed by atoms with Crippen LogP contribution in [-0.2, 0) is 4.79 Å². The summed E-state index contributed by atoms with van der Waals surface area (Å²) in [4.78, 5) is 14.0. The van der Waals surface area contributed by atoms with Gasteiger partial charge in [0.2, 0.25) is 5.91 Å². The maximum absolute atomic E-state index is 12.0. The zero-order chi connectivity index (χ0) is 13.0. The molecule has 3 atom stereocenters. The molecule has 2 aliphatic carbocycles. The Balaban J connectivity index is 1.64. The van der Waals surface area contributed by atoms with Crippen molar-refractivity contribution in [1.29, 1.82) is 0 Å². The van der Waals surface area contributed by atoms with Crippen molar-refractivity contribution in [2.24, 2.45) is 23.5 Å². The number of carbonyl (C=O) groups is 1. The van der Waals surface area contributed by atoms with Crippen LogP contribution in [0, 0.1) is 17.8 Å². The van der Waals surface area contributed by atoms with Crippen LogP contribution in [0.1, 0.15) is 51.4 Å². The molecule has 0 aromatic heterocycles. The summed E-state index contributed by atoms with van der Waals surface area (Å²) in [7, 11) is 1.98. The van der Waals surface area contributed by atoms with Crippen LogP contribution in [0.4, 0.5) is 0 Å². The summed E-state index contributed by atoms with van der Waals surface area (Å²) in [6.07, 6.45) is 9.49. The number of hydrogen-bond donors (Lipinski definition) is 1. The average Bonchev–Trinajstić information content (AvgIpc) is 2.96. The highest BCUT2D eigenvalue weighted by Gasteiger charge is 2.39. The SMILES string of the molecule is CN(CC1CC2CCC1C2)C(=O)CCCCCN. The molecular formula is C15H28N2O. The van der Waals surface area contributed by atoms with Crippen molar-refractivity contribution in [3.8, 4) is 0 Å². The molecule has 2 fully saturated rings. The number of carbonyl (C=O) groups excluding carboxylic acids is 1. The first-order valence-corrected chi connectivity index (χ1v) is 7.64. The van der Waals surface area contributed by atoms with Crippen LogP contribution in [0.15, 0.2) is 0 Å². The Kier molecular flexibility index (Phi) is 5.04. The van der Waals surface area contributed by atoms with E-state index in [4.69, 9.17) is 5.73 Å². The Hall–Kier alpha value is -0.570. The van der Waals surface area contributed by atoms with Gasteiger partial charge in [0.15, 0.2) is 0 Å². The summed E-state index contributed by atoms with van der Waals surface area (Å²) < 4.78 is 0. The summed E-state index contributed by atoms with van der Waals surface area (Å²) in [5.74, 6) is 3.02. The van der Waals surface area contributed by atoms with E-state index in [1.54, 1.807) is 0 Å². The first-order valence-electron chi connectivity index (χ1n) is 7.64. The molecular weight excluding hydrogens is 224 g/mol. The lowest BCUT2D eigenvalue weighted by atomic mass is 9.88. The number of unbranched alkanes of at least 4 members (excludes halogenated alkanes) is 2. The fraction of sp³-hybridized carbons (Fsp3) is 0.933. The number of amides is 1. The largest absolute Gasteiger partial charge is 0.345 e. The van der Waals surface area contributed by atoms with E-state index < -0.39 is 0 Å². The van der Waals surface area contributed by atoms with Gasteiger partial charge in [-0.25, -0.2) is 0 Å². The Morgan fingerprint density at radius 1 is 1.22 bits per heavy atom. The van der Waals surface area contributed by atoms with Crippen molar-refractivity contribution in [3.05, 3.63) is 0 Å². The fourth-order valence-corrected chi connectivity index (χ4v) is 3.84. The zero-order valence-corrected chi connectivity index (χ0v) is 11.7. The molecule has 0 saturated heterocycles. The molecule has 2 saturated carbocycles. The number of fused-ring (bicyclic) bond motifs is 2. The van der Waals surface area contributed by atoms with Crippen molar-refractivity contribution >= 4 is 5.91 Å². The first kappa shape index (κ1) is 13.9. The van der Waals surface area contributed by atoms with Crippen LogP contribution in [0.3, 0.4) is 0 Å². The van der Waals surface area contributed by atoms with Crippen molar-refractivity contribution in [3.63, 3.8) is 0 Å². The van der Waals surface area contributed by atoms with Crippen molar-refractivity contribution < 1.29 is 4.79 Å². The first-order chi connectivity index (χ1) is 8.70. The van der Waals surface area contributed by atoms with Crippen molar-refractivity contribution in [2.75, 3.05) is 20.1 Å². The number of rotatable bonds is 7. The van der Waals surface area contributed by atoms with E-state index in [0.717, 1.165) is 50.1 Å². The van der Waals surface area contributed by atoms with Crippen LogP contribution >= 0.6 is 0 Å². The van der Waals surface area contributed by atoms with Gasteiger partial charge in [0, 0.05) is 20.0 Å². The molecule has 1 amide bonds. The van der Waals surface area contributed by atoms with Crippen LogP contribution in [0.25, 0.3) is 0 Å². The van der Waals surface area contributed by atoms with Crippen LogP contribution in [0.2, 0.25) is 0 Å². The third-order valence-corrected chi connectivity index (χ3v) is 4.91. The molecule has 3 nitrogen and oxygen atoms in total. The number of nitrogens with zero attached hydrogens (tertiary/aromatic N) is 1. The standard InChI is InChI=1S/C15H28N2O/c1-17(15(18)5-3-2-4-8-16)11-14-10-12-6-7-13(14)9-12/h12-14H,2-11,16H2,1H3. The third-order valence-electron chi connectivity index (χ3n) is 4.91. The lowest BCUT2D eigenvalue weighted by Gasteiger charge is -2.27. The van der Waals surface area contributed by atoms with E-state index >= 15 is 0 Å². The second-order valence-electron chi connectivity index (χ2n) is 6.31. The third kappa shape index (κ3) is 3.47. The Morgan fingerprint density at radius 3 is 2.67 bits per heavy atom. The van der Waals surface area contributed by atoms with E-state index in [9.17, 15) is 4.79 Å². The summed E-state index contributed by atoms with van der Waals surface area (Å²) in [5.41, 5.74) is 5.45. The molecule has 3 unspecified atom stereocenters. The van der Waals surface area contributed by atoms with Gasteiger partial charge in [0.25, 0.3) is 0 Å². The van der Waals surface area contributed by atoms with Gasteiger partial charge >= 0.3 is 0 Å². The van der Waals surface area contributed by atoms with E-state index in [0.29, 0.717) is 12.3 Å². The molecule has 104 valence electrons. The summed E-state index contributed by atoms with van der Waals surface area (Å²) in [6.45, 7) is 1.74. The van der Waals surface area contributed by atoms with Gasteiger partial charge in [0.1, 0.15) is 0 Å². The predicted octanol–water partition coefficient (Wildman–Crippen LogP) is 2.40. The smallest absolute Gasteiger partial charge is 0.222 e. The van der Waals surface area contributed by atoms with Gasteiger partial charge < -0.3 is 10.6 Å². The molecule has 0 heterocycles. The molecule has 0 radical (unpaired) electrons. The van der Waals surface area contributed by atoms with E-state index in [1.807, 2.05) is 11.9 Å². The molecule has 0 aromatic rings. The highest BCUT2D eigenvalue weighted by molar-refractivity contribution is 5.75. The van der Waals surface area contributed by atoms with Gasteiger partial charge in [0.05, 0.1) is 0 Å². The highest BCUT2D eigenvalue weighted by atomic mass is 16.2. The molecule has 0 spiro atoms. The Bertz CT molecular complexity index is 280. The molecule has 2 rings (SSSR count). The molecule has 2 N–H and O–H groups in total. The van der Waals surface area contributed by atoms with E-state index in [-0.39, 0.29) is 0 Å². The molecule has 18 heavy (non-hydrogen) atoms.